The van der Waals surface area contributed by atoms with Gasteiger partial charge in [0, 0.05) is 61.6 Å². The third kappa shape index (κ3) is 5.42. The van der Waals surface area contributed by atoms with Crippen LogP contribution in [0, 0.1) is 25.1 Å². The van der Waals surface area contributed by atoms with E-state index in [0.29, 0.717) is 35.5 Å². The summed E-state index contributed by atoms with van der Waals surface area (Å²) in [5, 5.41) is 11.7. The number of β-amino-alcohol motifs (C(OH)–C–C–N with tert-alkyl or cyclic N) is 1. The fraction of sp³-hybridized carbons (Fsp3) is 0.348. The second kappa shape index (κ2) is 9.66. The van der Waals surface area contributed by atoms with Crippen molar-refractivity contribution >= 4 is 11.6 Å². The van der Waals surface area contributed by atoms with Crippen molar-refractivity contribution in [1.29, 1.82) is 0 Å². The monoisotopic (exact) mass is 395 g/mol. The zero-order chi connectivity index (χ0) is 20.8. The van der Waals surface area contributed by atoms with Gasteiger partial charge in [-0.1, -0.05) is 18.1 Å². The van der Waals surface area contributed by atoms with Crippen LogP contribution in [0.3, 0.4) is 0 Å². The molecule has 0 atom stereocenters. The maximum atomic E-state index is 14.6. The Morgan fingerprint density at radius 1 is 1.17 bits per heavy atom. The van der Waals surface area contributed by atoms with E-state index in [0.717, 1.165) is 31.7 Å². The number of rotatable bonds is 6. The van der Waals surface area contributed by atoms with Crippen LogP contribution < -0.4 is 5.32 Å². The lowest BCUT2D eigenvalue weighted by Gasteiger charge is -2.34. The van der Waals surface area contributed by atoms with Gasteiger partial charge in [-0.2, -0.15) is 0 Å². The van der Waals surface area contributed by atoms with Crippen LogP contribution in [0.2, 0.25) is 0 Å². The van der Waals surface area contributed by atoms with Crippen molar-refractivity contribution in [3.05, 3.63) is 64.5 Å². The number of carbonyl (C=O) groups excluding carboxylic acids is 1. The molecule has 1 aliphatic rings. The highest BCUT2D eigenvalue weighted by Gasteiger charge is 2.18. The van der Waals surface area contributed by atoms with Gasteiger partial charge >= 0.3 is 0 Å². The molecule has 1 amide bonds. The van der Waals surface area contributed by atoms with E-state index in [9.17, 15) is 9.18 Å². The van der Waals surface area contributed by atoms with Crippen LogP contribution in [0.15, 0.2) is 36.4 Å². The summed E-state index contributed by atoms with van der Waals surface area (Å²) in [6.07, 6.45) is 5.46. The number of benzene rings is 2. The number of aliphatic hydroxyl groups is 1. The van der Waals surface area contributed by atoms with Crippen molar-refractivity contribution in [2.75, 3.05) is 44.6 Å². The number of nitrogens with zero attached hydrogens (tertiary/aromatic N) is 2. The number of halogens is 1. The van der Waals surface area contributed by atoms with Crippen molar-refractivity contribution in [2.45, 2.75) is 13.5 Å². The first kappa shape index (κ1) is 21.0. The van der Waals surface area contributed by atoms with Crippen LogP contribution in [0.1, 0.15) is 27.0 Å². The Balaban J connectivity index is 1.61. The van der Waals surface area contributed by atoms with E-state index >= 15 is 0 Å². The average molecular weight is 395 g/mol. The molecule has 0 radical (unpaired) electrons. The standard InChI is InChI=1S/C23H26FN3O2/c1-3-18-14-19(5-4-17(18)2)23(29)25-21-7-6-20(22(24)15-21)16-27-10-8-26(9-11-27)12-13-28/h1,4-7,14-15,28H,8-13,16H2,2H3,(H,25,29). The lowest BCUT2D eigenvalue weighted by molar-refractivity contribution is 0.102. The molecule has 0 aliphatic carbocycles. The van der Waals surface area contributed by atoms with Gasteiger partial charge in [-0.3, -0.25) is 14.6 Å². The molecular weight excluding hydrogens is 369 g/mol. The summed E-state index contributed by atoms with van der Waals surface area (Å²) in [4.78, 5) is 16.8. The molecular formula is C23H26FN3O2. The number of aliphatic hydroxyl groups excluding tert-OH is 1. The quantitative estimate of drug-likeness (QED) is 0.738. The predicted molar refractivity (Wildman–Crippen MR) is 112 cm³/mol. The molecule has 1 aliphatic heterocycles. The third-order valence-electron chi connectivity index (χ3n) is 5.24. The molecule has 5 nitrogen and oxygen atoms in total. The Hall–Kier alpha value is -2.72. The van der Waals surface area contributed by atoms with Crippen LogP contribution in [-0.4, -0.2) is 60.1 Å². The summed E-state index contributed by atoms with van der Waals surface area (Å²) in [5.41, 5.74) is 3.04. The van der Waals surface area contributed by atoms with Crippen LogP contribution in [0.4, 0.5) is 10.1 Å². The molecule has 2 N–H and O–H groups in total. The van der Waals surface area contributed by atoms with Crippen molar-refractivity contribution in [3.63, 3.8) is 0 Å². The highest BCUT2D eigenvalue weighted by molar-refractivity contribution is 6.04. The van der Waals surface area contributed by atoms with Gasteiger partial charge in [0.1, 0.15) is 5.82 Å². The number of carbonyl (C=O) groups is 1. The topological polar surface area (TPSA) is 55.8 Å². The zero-order valence-corrected chi connectivity index (χ0v) is 16.6. The Labute approximate surface area is 171 Å². The summed E-state index contributed by atoms with van der Waals surface area (Å²) >= 11 is 0. The molecule has 0 unspecified atom stereocenters. The fourth-order valence-corrected chi connectivity index (χ4v) is 3.43. The number of hydrogen-bond acceptors (Lipinski definition) is 4. The normalized spacial score (nSPS) is 15.1. The SMILES string of the molecule is C#Cc1cc(C(=O)Nc2ccc(CN3CCN(CCO)CC3)c(F)c2)ccc1C. The molecule has 2 aromatic rings. The van der Waals surface area contributed by atoms with E-state index in [4.69, 9.17) is 11.5 Å². The largest absolute Gasteiger partial charge is 0.395 e. The maximum Gasteiger partial charge on any atom is 0.255 e. The van der Waals surface area contributed by atoms with Crippen LogP contribution in [-0.2, 0) is 6.54 Å². The minimum Gasteiger partial charge on any atom is -0.395 e. The fourth-order valence-electron chi connectivity index (χ4n) is 3.43. The maximum absolute atomic E-state index is 14.6. The van der Waals surface area contributed by atoms with Gasteiger partial charge in [0.25, 0.3) is 5.91 Å². The van der Waals surface area contributed by atoms with Crippen molar-refractivity contribution in [2.24, 2.45) is 0 Å². The minimum absolute atomic E-state index is 0.161. The van der Waals surface area contributed by atoms with Gasteiger partial charge in [0.15, 0.2) is 0 Å². The second-order valence-corrected chi connectivity index (χ2v) is 7.28. The minimum atomic E-state index is -0.339. The lowest BCUT2D eigenvalue weighted by Crippen LogP contribution is -2.46. The first-order valence-corrected chi connectivity index (χ1v) is 9.72. The van der Waals surface area contributed by atoms with Crippen molar-refractivity contribution in [1.82, 2.24) is 9.80 Å². The Morgan fingerprint density at radius 2 is 1.90 bits per heavy atom. The molecule has 0 spiro atoms. The summed E-state index contributed by atoms with van der Waals surface area (Å²) in [6.45, 7) is 6.66. The first-order chi connectivity index (χ1) is 14.0. The smallest absolute Gasteiger partial charge is 0.255 e. The van der Waals surface area contributed by atoms with E-state index in [-0.39, 0.29) is 18.3 Å². The number of hydrogen-bond donors (Lipinski definition) is 2. The van der Waals surface area contributed by atoms with Gasteiger partial charge < -0.3 is 10.4 Å². The van der Waals surface area contributed by atoms with E-state index < -0.39 is 0 Å². The van der Waals surface area contributed by atoms with Gasteiger partial charge in [-0.05, 0) is 36.8 Å². The number of amides is 1. The van der Waals surface area contributed by atoms with Crippen molar-refractivity contribution in [3.8, 4) is 12.3 Å². The highest BCUT2D eigenvalue weighted by atomic mass is 19.1. The van der Waals surface area contributed by atoms with Crippen molar-refractivity contribution < 1.29 is 14.3 Å². The molecule has 0 aromatic heterocycles. The van der Waals surface area contributed by atoms with Crippen LogP contribution >= 0.6 is 0 Å². The summed E-state index contributed by atoms with van der Waals surface area (Å²) < 4.78 is 14.6. The first-order valence-electron chi connectivity index (χ1n) is 9.72. The number of nitrogens with one attached hydrogen (secondary N) is 1. The van der Waals surface area contributed by atoms with Crippen LogP contribution in [0.5, 0.6) is 0 Å². The molecule has 3 rings (SSSR count). The van der Waals surface area contributed by atoms with Gasteiger partial charge in [-0.25, -0.2) is 4.39 Å². The predicted octanol–water partition coefficient (Wildman–Crippen LogP) is 2.48. The van der Waals surface area contributed by atoms with E-state index in [1.165, 1.54) is 6.07 Å². The zero-order valence-electron chi connectivity index (χ0n) is 16.6. The molecule has 1 heterocycles. The number of piperazine rings is 1. The van der Waals surface area contributed by atoms with E-state index in [1.54, 1.807) is 30.3 Å². The van der Waals surface area contributed by atoms with Crippen LogP contribution in [0.25, 0.3) is 0 Å². The van der Waals surface area contributed by atoms with Gasteiger partial charge in [0.05, 0.1) is 6.61 Å². The third-order valence-corrected chi connectivity index (χ3v) is 5.24. The average Bonchev–Trinajstić information content (AvgIpc) is 2.72. The number of anilines is 1. The molecule has 29 heavy (non-hydrogen) atoms. The highest BCUT2D eigenvalue weighted by Crippen LogP contribution is 2.19. The lowest BCUT2D eigenvalue weighted by atomic mass is 10.0. The van der Waals surface area contributed by atoms with E-state index in [1.807, 2.05) is 6.92 Å². The van der Waals surface area contributed by atoms with Gasteiger partial charge in [-0.15, -0.1) is 6.42 Å². The number of aryl methyl sites for hydroxylation is 1. The molecule has 0 saturated carbocycles. The molecule has 1 fully saturated rings. The summed E-state index contributed by atoms with van der Waals surface area (Å²) in [6, 6.07) is 9.94. The second-order valence-electron chi connectivity index (χ2n) is 7.28. The summed E-state index contributed by atoms with van der Waals surface area (Å²) in [7, 11) is 0. The Morgan fingerprint density at radius 3 is 2.55 bits per heavy atom. The van der Waals surface area contributed by atoms with Gasteiger partial charge in [0.2, 0.25) is 0 Å². The van der Waals surface area contributed by atoms with E-state index in [2.05, 4.69) is 21.0 Å². The number of terminal acetylenes is 1. The molecule has 152 valence electrons. The molecule has 6 heteroatoms. The Bertz CT molecular complexity index is 915. The molecule has 0 bridgehead atoms. The summed E-state index contributed by atoms with van der Waals surface area (Å²) in [5.74, 6) is 1.89. The molecule has 1 saturated heterocycles. The molecule has 2 aromatic carbocycles. The Kier molecular flexibility index (Phi) is 6.99.